The SMILES string of the molecule is CCNCc1cc(N(CCOC)C2CC2)ncc1Cl. The second kappa shape index (κ2) is 7.08. The topological polar surface area (TPSA) is 37.4 Å². The Hall–Kier alpha value is -0.840. The first kappa shape index (κ1) is 14.6. The molecular weight excluding hydrogens is 262 g/mol. The average molecular weight is 284 g/mol. The van der Waals surface area contributed by atoms with Crippen molar-refractivity contribution in [2.45, 2.75) is 32.4 Å². The maximum absolute atomic E-state index is 6.19. The van der Waals surface area contributed by atoms with E-state index in [0.29, 0.717) is 6.04 Å². The third-order valence-corrected chi connectivity index (χ3v) is 3.64. The fraction of sp³-hybridized carbons (Fsp3) is 0.643. The summed E-state index contributed by atoms with van der Waals surface area (Å²) in [5.74, 6) is 1.01. The van der Waals surface area contributed by atoms with Gasteiger partial charge in [-0.1, -0.05) is 18.5 Å². The molecule has 5 heteroatoms. The van der Waals surface area contributed by atoms with Crippen LogP contribution < -0.4 is 10.2 Å². The molecule has 106 valence electrons. The lowest BCUT2D eigenvalue weighted by Gasteiger charge is -2.24. The summed E-state index contributed by atoms with van der Waals surface area (Å²) in [4.78, 5) is 6.80. The number of halogens is 1. The molecule has 0 unspecified atom stereocenters. The van der Waals surface area contributed by atoms with Crippen LogP contribution in [0.5, 0.6) is 0 Å². The van der Waals surface area contributed by atoms with Gasteiger partial charge in [-0.05, 0) is 31.0 Å². The van der Waals surface area contributed by atoms with Gasteiger partial charge in [0.1, 0.15) is 5.82 Å². The molecule has 1 aromatic heterocycles. The lowest BCUT2D eigenvalue weighted by Crippen LogP contribution is -2.30. The number of nitrogens with one attached hydrogen (secondary N) is 1. The van der Waals surface area contributed by atoms with E-state index in [0.717, 1.165) is 42.6 Å². The van der Waals surface area contributed by atoms with Gasteiger partial charge in [0, 0.05) is 32.4 Å². The monoisotopic (exact) mass is 283 g/mol. The van der Waals surface area contributed by atoms with Crippen molar-refractivity contribution in [3.63, 3.8) is 0 Å². The predicted molar refractivity (Wildman–Crippen MR) is 78.9 cm³/mol. The quantitative estimate of drug-likeness (QED) is 0.795. The van der Waals surface area contributed by atoms with E-state index in [1.807, 2.05) is 0 Å². The standard InChI is InChI=1S/C14H22ClN3O/c1-3-16-9-11-8-14(17-10-13(11)15)18(6-7-19-2)12-4-5-12/h8,10,12,16H,3-7,9H2,1-2H3. The lowest BCUT2D eigenvalue weighted by molar-refractivity contribution is 0.204. The number of aromatic nitrogens is 1. The minimum absolute atomic E-state index is 0.621. The van der Waals surface area contributed by atoms with Gasteiger partial charge in [0.2, 0.25) is 0 Å². The minimum Gasteiger partial charge on any atom is -0.383 e. The summed E-state index contributed by atoms with van der Waals surface area (Å²) in [6.07, 6.45) is 4.25. The van der Waals surface area contributed by atoms with E-state index in [1.54, 1.807) is 13.3 Å². The second-order valence-corrected chi connectivity index (χ2v) is 5.24. The number of ether oxygens (including phenoxy) is 1. The number of pyridine rings is 1. The van der Waals surface area contributed by atoms with Crippen molar-refractivity contribution >= 4 is 17.4 Å². The van der Waals surface area contributed by atoms with Crippen LogP contribution in [-0.4, -0.2) is 37.8 Å². The maximum atomic E-state index is 6.19. The molecule has 0 bridgehead atoms. The Balaban J connectivity index is 2.12. The number of hydrogen-bond donors (Lipinski definition) is 1. The van der Waals surface area contributed by atoms with Crippen molar-refractivity contribution in [2.75, 3.05) is 31.7 Å². The Morgan fingerprint density at radius 2 is 2.32 bits per heavy atom. The van der Waals surface area contributed by atoms with Gasteiger partial charge in [0.25, 0.3) is 0 Å². The van der Waals surface area contributed by atoms with Gasteiger partial charge in [-0.25, -0.2) is 4.98 Å². The molecule has 1 saturated carbocycles. The summed E-state index contributed by atoms with van der Waals surface area (Å²) >= 11 is 6.19. The number of anilines is 1. The molecule has 0 atom stereocenters. The highest BCUT2D eigenvalue weighted by atomic mass is 35.5. The van der Waals surface area contributed by atoms with E-state index in [-0.39, 0.29) is 0 Å². The van der Waals surface area contributed by atoms with Crippen molar-refractivity contribution in [1.29, 1.82) is 0 Å². The molecule has 1 aromatic rings. The molecule has 2 rings (SSSR count). The van der Waals surface area contributed by atoms with Gasteiger partial charge >= 0.3 is 0 Å². The molecule has 1 fully saturated rings. The second-order valence-electron chi connectivity index (χ2n) is 4.83. The van der Waals surface area contributed by atoms with Gasteiger partial charge in [0.05, 0.1) is 11.6 Å². The van der Waals surface area contributed by atoms with Crippen LogP contribution in [-0.2, 0) is 11.3 Å². The first-order valence-electron chi connectivity index (χ1n) is 6.87. The molecule has 1 heterocycles. The van der Waals surface area contributed by atoms with E-state index in [9.17, 15) is 0 Å². The predicted octanol–water partition coefficient (Wildman–Crippen LogP) is 2.46. The smallest absolute Gasteiger partial charge is 0.129 e. The molecule has 0 saturated heterocycles. The van der Waals surface area contributed by atoms with Crippen molar-refractivity contribution in [3.8, 4) is 0 Å². The van der Waals surface area contributed by atoms with Crippen LogP contribution in [0.25, 0.3) is 0 Å². The fourth-order valence-corrected chi connectivity index (χ4v) is 2.25. The third-order valence-electron chi connectivity index (χ3n) is 3.30. The molecule has 4 nitrogen and oxygen atoms in total. The highest BCUT2D eigenvalue weighted by molar-refractivity contribution is 6.31. The largest absolute Gasteiger partial charge is 0.383 e. The molecule has 1 aliphatic rings. The molecule has 0 aliphatic heterocycles. The molecule has 0 amide bonds. The van der Waals surface area contributed by atoms with Crippen LogP contribution in [0.3, 0.4) is 0 Å². The number of nitrogens with zero attached hydrogens (tertiary/aromatic N) is 2. The van der Waals surface area contributed by atoms with Crippen LogP contribution in [0, 0.1) is 0 Å². The minimum atomic E-state index is 0.621. The van der Waals surface area contributed by atoms with E-state index < -0.39 is 0 Å². The molecule has 0 radical (unpaired) electrons. The van der Waals surface area contributed by atoms with Crippen molar-refractivity contribution in [3.05, 3.63) is 22.8 Å². The third kappa shape index (κ3) is 4.06. The summed E-state index contributed by atoms with van der Waals surface area (Å²) in [7, 11) is 1.73. The van der Waals surface area contributed by atoms with Crippen LogP contribution in [0.15, 0.2) is 12.3 Å². The summed E-state index contributed by atoms with van der Waals surface area (Å²) < 4.78 is 5.18. The average Bonchev–Trinajstić information content (AvgIpc) is 3.24. The summed E-state index contributed by atoms with van der Waals surface area (Å²) in [6, 6.07) is 2.72. The van der Waals surface area contributed by atoms with E-state index in [1.165, 1.54) is 12.8 Å². The Labute approximate surface area is 120 Å². The van der Waals surface area contributed by atoms with Gasteiger partial charge < -0.3 is 15.0 Å². The van der Waals surface area contributed by atoms with Gasteiger partial charge in [0.15, 0.2) is 0 Å². The van der Waals surface area contributed by atoms with Gasteiger partial charge in [-0.2, -0.15) is 0 Å². The Morgan fingerprint density at radius 3 is 2.95 bits per heavy atom. The summed E-state index contributed by atoms with van der Waals surface area (Å²) in [5.41, 5.74) is 1.11. The van der Waals surface area contributed by atoms with Crippen molar-refractivity contribution in [2.24, 2.45) is 0 Å². The Morgan fingerprint density at radius 1 is 1.53 bits per heavy atom. The van der Waals surface area contributed by atoms with Crippen LogP contribution in [0.1, 0.15) is 25.3 Å². The first-order valence-corrected chi connectivity index (χ1v) is 7.24. The van der Waals surface area contributed by atoms with E-state index >= 15 is 0 Å². The van der Waals surface area contributed by atoms with Crippen molar-refractivity contribution in [1.82, 2.24) is 10.3 Å². The highest BCUT2D eigenvalue weighted by Crippen LogP contribution is 2.31. The molecule has 0 spiro atoms. The zero-order chi connectivity index (χ0) is 13.7. The van der Waals surface area contributed by atoms with E-state index in [2.05, 4.69) is 28.2 Å². The molecular formula is C14H22ClN3O. The zero-order valence-corrected chi connectivity index (χ0v) is 12.4. The lowest BCUT2D eigenvalue weighted by atomic mass is 10.2. The number of rotatable bonds is 8. The molecule has 1 N–H and O–H groups in total. The Kier molecular flexibility index (Phi) is 5.43. The van der Waals surface area contributed by atoms with Gasteiger partial charge in [-0.15, -0.1) is 0 Å². The summed E-state index contributed by atoms with van der Waals surface area (Å²) in [6.45, 7) is 5.42. The fourth-order valence-electron chi connectivity index (χ4n) is 2.08. The number of methoxy groups -OCH3 is 1. The Bertz CT molecular complexity index is 410. The number of hydrogen-bond acceptors (Lipinski definition) is 4. The first-order chi connectivity index (χ1) is 9.26. The molecule has 19 heavy (non-hydrogen) atoms. The van der Waals surface area contributed by atoms with Crippen LogP contribution >= 0.6 is 11.6 Å². The van der Waals surface area contributed by atoms with Crippen LogP contribution in [0.4, 0.5) is 5.82 Å². The van der Waals surface area contributed by atoms with Gasteiger partial charge in [-0.3, -0.25) is 0 Å². The normalized spacial score (nSPS) is 14.7. The zero-order valence-electron chi connectivity index (χ0n) is 11.7. The highest BCUT2D eigenvalue weighted by Gasteiger charge is 2.29. The van der Waals surface area contributed by atoms with Crippen LogP contribution in [0.2, 0.25) is 5.02 Å². The molecule has 1 aliphatic carbocycles. The molecule has 0 aromatic carbocycles. The maximum Gasteiger partial charge on any atom is 0.129 e. The summed E-state index contributed by atoms with van der Waals surface area (Å²) in [5, 5.41) is 4.03. The van der Waals surface area contributed by atoms with E-state index in [4.69, 9.17) is 16.3 Å². The van der Waals surface area contributed by atoms with Crippen molar-refractivity contribution < 1.29 is 4.74 Å².